The summed E-state index contributed by atoms with van der Waals surface area (Å²) in [5, 5.41) is 15.0. The highest BCUT2D eigenvalue weighted by molar-refractivity contribution is 7.10. The standard InChI is InChI=1S/C13H11ClN2S/c1-9-5-6-17-13(9)12(8-15)16-11-4-2-3-10(14)7-11/h2-7,12,16H,1H3. The highest BCUT2D eigenvalue weighted by Crippen LogP contribution is 2.27. The molecule has 0 aliphatic rings. The second-order valence-electron chi connectivity index (χ2n) is 3.68. The van der Waals surface area contributed by atoms with E-state index in [1.54, 1.807) is 11.3 Å². The van der Waals surface area contributed by atoms with Crippen LogP contribution in [0.2, 0.25) is 5.02 Å². The van der Waals surface area contributed by atoms with Gasteiger partial charge in [0.15, 0.2) is 0 Å². The zero-order chi connectivity index (χ0) is 12.3. The molecule has 0 spiro atoms. The van der Waals surface area contributed by atoms with Crippen molar-refractivity contribution in [2.75, 3.05) is 5.32 Å². The molecule has 0 fully saturated rings. The number of hydrogen-bond donors (Lipinski definition) is 1. The number of hydrogen-bond acceptors (Lipinski definition) is 3. The number of aryl methyl sites for hydroxylation is 1. The molecule has 0 saturated heterocycles. The van der Waals surface area contributed by atoms with Crippen LogP contribution >= 0.6 is 22.9 Å². The zero-order valence-corrected chi connectivity index (χ0v) is 10.8. The van der Waals surface area contributed by atoms with Crippen LogP contribution < -0.4 is 5.32 Å². The van der Waals surface area contributed by atoms with Crippen LogP contribution in [0.5, 0.6) is 0 Å². The summed E-state index contributed by atoms with van der Waals surface area (Å²) in [6, 6.07) is 11.3. The monoisotopic (exact) mass is 262 g/mol. The quantitative estimate of drug-likeness (QED) is 0.891. The minimum atomic E-state index is -0.325. The third kappa shape index (κ3) is 2.79. The molecule has 0 aliphatic carbocycles. The molecule has 4 heteroatoms. The first-order valence-corrected chi connectivity index (χ1v) is 6.42. The first kappa shape index (κ1) is 12.0. The van der Waals surface area contributed by atoms with Gasteiger partial charge in [0.1, 0.15) is 6.04 Å². The lowest BCUT2D eigenvalue weighted by molar-refractivity contribution is 1.01. The first-order chi connectivity index (χ1) is 8.20. The predicted octanol–water partition coefficient (Wildman–Crippen LogP) is 4.39. The van der Waals surface area contributed by atoms with Crippen molar-refractivity contribution >= 4 is 28.6 Å². The number of rotatable bonds is 3. The lowest BCUT2D eigenvalue weighted by atomic mass is 10.1. The van der Waals surface area contributed by atoms with Crippen LogP contribution in [0.1, 0.15) is 16.5 Å². The fourth-order valence-corrected chi connectivity index (χ4v) is 2.69. The van der Waals surface area contributed by atoms with Crippen LogP contribution in [0.25, 0.3) is 0 Å². The molecule has 0 saturated carbocycles. The van der Waals surface area contributed by atoms with Crippen LogP contribution in [-0.4, -0.2) is 0 Å². The van der Waals surface area contributed by atoms with Gasteiger partial charge >= 0.3 is 0 Å². The molecule has 2 nitrogen and oxygen atoms in total. The molecule has 1 aromatic carbocycles. The molecule has 0 amide bonds. The van der Waals surface area contributed by atoms with E-state index >= 15 is 0 Å². The van der Waals surface area contributed by atoms with Crippen LogP contribution in [0.4, 0.5) is 5.69 Å². The van der Waals surface area contributed by atoms with Crippen molar-refractivity contribution in [1.82, 2.24) is 0 Å². The topological polar surface area (TPSA) is 35.8 Å². The largest absolute Gasteiger partial charge is 0.365 e. The molecule has 0 bridgehead atoms. The molecular weight excluding hydrogens is 252 g/mol. The van der Waals surface area contributed by atoms with Crippen molar-refractivity contribution < 1.29 is 0 Å². The van der Waals surface area contributed by atoms with Crippen molar-refractivity contribution in [3.05, 3.63) is 51.2 Å². The van der Waals surface area contributed by atoms with Crippen LogP contribution in [-0.2, 0) is 0 Å². The van der Waals surface area contributed by atoms with Crippen LogP contribution in [0.15, 0.2) is 35.7 Å². The molecule has 86 valence electrons. The molecule has 17 heavy (non-hydrogen) atoms. The highest BCUT2D eigenvalue weighted by atomic mass is 35.5. The van der Waals surface area contributed by atoms with E-state index in [4.69, 9.17) is 11.6 Å². The van der Waals surface area contributed by atoms with Crippen molar-refractivity contribution in [1.29, 1.82) is 5.26 Å². The predicted molar refractivity (Wildman–Crippen MR) is 72.5 cm³/mol. The van der Waals surface area contributed by atoms with E-state index in [0.29, 0.717) is 5.02 Å². The normalized spacial score (nSPS) is 11.8. The Morgan fingerprint density at radius 2 is 2.24 bits per heavy atom. The summed E-state index contributed by atoms with van der Waals surface area (Å²) in [4.78, 5) is 1.05. The van der Waals surface area contributed by atoms with Crippen LogP contribution in [0.3, 0.4) is 0 Å². The molecule has 2 rings (SSSR count). The Hall–Kier alpha value is -1.50. The molecule has 1 heterocycles. The summed E-state index contributed by atoms with van der Waals surface area (Å²) in [5.41, 5.74) is 1.99. The van der Waals surface area contributed by atoms with E-state index in [0.717, 1.165) is 16.1 Å². The van der Waals surface area contributed by atoms with E-state index in [1.165, 1.54) is 0 Å². The molecule has 0 aliphatic heterocycles. The van der Waals surface area contributed by atoms with Gasteiger partial charge in [-0.2, -0.15) is 5.26 Å². The van der Waals surface area contributed by atoms with E-state index in [1.807, 2.05) is 42.6 Å². The van der Waals surface area contributed by atoms with Gasteiger partial charge in [0, 0.05) is 15.6 Å². The smallest absolute Gasteiger partial charge is 0.149 e. The number of thiophene rings is 1. The van der Waals surface area contributed by atoms with Crippen molar-refractivity contribution in [3.8, 4) is 6.07 Å². The summed E-state index contributed by atoms with van der Waals surface area (Å²) >= 11 is 7.50. The third-order valence-corrected chi connectivity index (χ3v) is 3.75. The van der Waals surface area contributed by atoms with Gasteiger partial charge in [-0.25, -0.2) is 0 Å². The number of anilines is 1. The Morgan fingerprint density at radius 1 is 1.41 bits per heavy atom. The maximum atomic E-state index is 9.21. The van der Waals surface area contributed by atoms with Gasteiger partial charge in [-0.1, -0.05) is 17.7 Å². The van der Waals surface area contributed by atoms with E-state index < -0.39 is 0 Å². The molecule has 1 aromatic heterocycles. The zero-order valence-electron chi connectivity index (χ0n) is 9.27. The highest BCUT2D eigenvalue weighted by Gasteiger charge is 2.14. The summed E-state index contributed by atoms with van der Waals surface area (Å²) in [5.74, 6) is 0. The first-order valence-electron chi connectivity index (χ1n) is 5.16. The molecule has 2 aromatic rings. The Labute approximate surface area is 109 Å². The summed E-state index contributed by atoms with van der Waals surface area (Å²) in [6.45, 7) is 2.01. The Morgan fingerprint density at radius 3 is 2.82 bits per heavy atom. The van der Waals surface area contributed by atoms with E-state index in [-0.39, 0.29) is 6.04 Å². The van der Waals surface area contributed by atoms with Crippen LogP contribution in [0, 0.1) is 18.3 Å². The second kappa shape index (κ2) is 5.22. The summed E-state index contributed by atoms with van der Waals surface area (Å²) in [6.07, 6.45) is 0. The Bertz CT molecular complexity index is 557. The summed E-state index contributed by atoms with van der Waals surface area (Å²) < 4.78 is 0. The fraction of sp³-hybridized carbons (Fsp3) is 0.154. The molecule has 0 radical (unpaired) electrons. The Kier molecular flexibility index (Phi) is 3.68. The van der Waals surface area contributed by atoms with Crippen molar-refractivity contribution in [2.45, 2.75) is 13.0 Å². The molecule has 1 atom stereocenters. The number of halogens is 1. The van der Waals surface area contributed by atoms with Gasteiger partial charge in [0.05, 0.1) is 6.07 Å². The number of nitriles is 1. The number of nitrogens with zero attached hydrogens (tertiary/aromatic N) is 1. The number of nitrogens with one attached hydrogen (secondary N) is 1. The summed E-state index contributed by atoms with van der Waals surface area (Å²) in [7, 11) is 0. The SMILES string of the molecule is Cc1ccsc1C(C#N)Nc1cccc(Cl)c1. The van der Waals surface area contributed by atoms with E-state index in [9.17, 15) is 5.26 Å². The van der Waals surface area contributed by atoms with Gasteiger partial charge < -0.3 is 5.32 Å². The fourth-order valence-electron chi connectivity index (χ4n) is 1.58. The minimum Gasteiger partial charge on any atom is -0.365 e. The molecular formula is C13H11ClN2S. The third-order valence-electron chi connectivity index (χ3n) is 2.43. The maximum Gasteiger partial charge on any atom is 0.149 e. The van der Waals surface area contributed by atoms with E-state index in [2.05, 4.69) is 11.4 Å². The lowest BCUT2D eigenvalue weighted by Gasteiger charge is -2.12. The lowest BCUT2D eigenvalue weighted by Crippen LogP contribution is -2.07. The Balaban J connectivity index is 2.23. The van der Waals surface area contributed by atoms with Gasteiger partial charge in [-0.3, -0.25) is 0 Å². The second-order valence-corrected chi connectivity index (χ2v) is 5.07. The maximum absolute atomic E-state index is 9.21. The molecule has 1 unspecified atom stereocenters. The molecule has 1 N–H and O–H groups in total. The number of benzene rings is 1. The van der Waals surface area contributed by atoms with Gasteiger partial charge in [0.2, 0.25) is 0 Å². The average Bonchev–Trinajstić information content (AvgIpc) is 2.72. The minimum absolute atomic E-state index is 0.325. The van der Waals surface area contributed by atoms with Gasteiger partial charge in [0.25, 0.3) is 0 Å². The van der Waals surface area contributed by atoms with Gasteiger partial charge in [-0.05, 0) is 42.1 Å². The van der Waals surface area contributed by atoms with Crippen molar-refractivity contribution in [3.63, 3.8) is 0 Å². The van der Waals surface area contributed by atoms with Gasteiger partial charge in [-0.15, -0.1) is 11.3 Å². The van der Waals surface area contributed by atoms with Crippen molar-refractivity contribution in [2.24, 2.45) is 0 Å². The average molecular weight is 263 g/mol.